The average Bonchev–Trinajstić information content (AvgIpc) is 2.36. The van der Waals surface area contributed by atoms with Crippen LogP contribution in [0.3, 0.4) is 0 Å². The van der Waals surface area contributed by atoms with Gasteiger partial charge in [0.25, 0.3) is 0 Å². The standard InChI is InChI=1S/C16H20BrN3O/c1-11-12(10-19-16(2,3)4)9-18-15(20-11)21-14-7-5-6-13(17)8-14/h5-9,19H,10H2,1-4H3. The number of halogens is 1. The highest BCUT2D eigenvalue weighted by atomic mass is 79.9. The number of aryl methyl sites for hydroxylation is 1. The Bertz CT molecular complexity index is 623. The van der Waals surface area contributed by atoms with Gasteiger partial charge in [-0.3, -0.25) is 0 Å². The number of hydrogen-bond acceptors (Lipinski definition) is 4. The van der Waals surface area contributed by atoms with Crippen LogP contribution in [0.2, 0.25) is 0 Å². The number of ether oxygens (including phenoxy) is 1. The van der Waals surface area contributed by atoms with Gasteiger partial charge >= 0.3 is 6.01 Å². The summed E-state index contributed by atoms with van der Waals surface area (Å²) in [6.07, 6.45) is 1.81. The summed E-state index contributed by atoms with van der Waals surface area (Å²) in [7, 11) is 0. The Balaban J connectivity index is 2.08. The SMILES string of the molecule is Cc1nc(Oc2cccc(Br)c2)ncc1CNC(C)(C)C. The van der Waals surface area contributed by atoms with E-state index in [0.717, 1.165) is 22.3 Å². The summed E-state index contributed by atoms with van der Waals surface area (Å²) in [6.45, 7) is 9.11. The molecule has 21 heavy (non-hydrogen) atoms. The Hall–Kier alpha value is -1.46. The van der Waals surface area contributed by atoms with Gasteiger partial charge in [-0.05, 0) is 45.9 Å². The Morgan fingerprint density at radius 3 is 2.67 bits per heavy atom. The minimum absolute atomic E-state index is 0.0674. The molecule has 0 aliphatic carbocycles. The van der Waals surface area contributed by atoms with Crippen LogP contribution in [0.1, 0.15) is 32.0 Å². The van der Waals surface area contributed by atoms with E-state index in [9.17, 15) is 0 Å². The highest BCUT2D eigenvalue weighted by molar-refractivity contribution is 9.10. The van der Waals surface area contributed by atoms with Gasteiger partial charge < -0.3 is 10.1 Å². The lowest BCUT2D eigenvalue weighted by molar-refractivity contribution is 0.418. The van der Waals surface area contributed by atoms with Crippen LogP contribution >= 0.6 is 15.9 Å². The van der Waals surface area contributed by atoms with Crippen molar-refractivity contribution in [3.05, 3.63) is 46.2 Å². The van der Waals surface area contributed by atoms with E-state index in [1.807, 2.05) is 37.4 Å². The van der Waals surface area contributed by atoms with Crippen molar-refractivity contribution in [1.29, 1.82) is 0 Å². The molecule has 0 amide bonds. The molecule has 0 unspecified atom stereocenters. The quantitative estimate of drug-likeness (QED) is 0.897. The van der Waals surface area contributed by atoms with Crippen LogP contribution in [0.15, 0.2) is 34.9 Å². The van der Waals surface area contributed by atoms with E-state index in [4.69, 9.17) is 4.74 Å². The predicted octanol–water partition coefficient (Wildman–Crippen LogP) is 4.23. The monoisotopic (exact) mass is 349 g/mol. The minimum atomic E-state index is 0.0674. The summed E-state index contributed by atoms with van der Waals surface area (Å²) >= 11 is 3.41. The Kier molecular flexibility index (Phi) is 4.96. The Morgan fingerprint density at radius 1 is 1.29 bits per heavy atom. The Labute approximate surface area is 134 Å². The highest BCUT2D eigenvalue weighted by Gasteiger charge is 2.11. The van der Waals surface area contributed by atoms with Crippen molar-refractivity contribution in [3.63, 3.8) is 0 Å². The van der Waals surface area contributed by atoms with Gasteiger partial charge in [-0.1, -0.05) is 22.0 Å². The molecule has 0 spiro atoms. The Morgan fingerprint density at radius 2 is 2.05 bits per heavy atom. The van der Waals surface area contributed by atoms with E-state index in [2.05, 4.69) is 52.0 Å². The molecule has 0 bridgehead atoms. The van der Waals surface area contributed by atoms with Crippen molar-refractivity contribution >= 4 is 15.9 Å². The highest BCUT2D eigenvalue weighted by Crippen LogP contribution is 2.22. The number of benzene rings is 1. The maximum atomic E-state index is 5.67. The third kappa shape index (κ3) is 5.10. The minimum Gasteiger partial charge on any atom is -0.424 e. The van der Waals surface area contributed by atoms with E-state index in [1.54, 1.807) is 0 Å². The van der Waals surface area contributed by atoms with Crippen molar-refractivity contribution in [2.45, 2.75) is 39.8 Å². The normalized spacial score (nSPS) is 11.5. The summed E-state index contributed by atoms with van der Waals surface area (Å²) in [4.78, 5) is 8.69. The van der Waals surface area contributed by atoms with Gasteiger partial charge in [0.05, 0.1) is 0 Å². The van der Waals surface area contributed by atoms with Crippen LogP contribution in [-0.2, 0) is 6.54 Å². The number of nitrogens with one attached hydrogen (secondary N) is 1. The van der Waals surface area contributed by atoms with E-state index < -0.39 is 0 Å². The molecule has 0 atom stereocenters. The summed E-state index contributed by atoms with van der Waals surface area (Å²) in [5.74, 6) is 0.712. The van der Waals surface area contributed by atoms with Gasteiger partial charge in [-0.25, -0.2) is 4.98 Å². The number of hydrogen-bond donors (Lipinski definition) is 1. The molecule has 0 saturated carbocycles. The molecule has 0 radical (unpaired) electrons. The summed E-state index contributed by atoms with van der Waals surface area (Å²) in [6, 6.07) is 7.98. The maximum absolute atomic E-state index is 5.67. The fourth-order valence-electron chi connectivity index (χ4n) is 1.69. The summed E-state index contributed by atoms with van der Waals surface area (Å²) in [5, 5.41) is 3.43. The molecule has 0 aliphatic heterocycles. The second-order valence-electron chi connectivity index (χ2n) is 5.93. The van der Waals surface area contributed by atoms with Gasteiger partial charge in [0, 0.05) is 34.0 Å². The molecule has 1 N–H and O–H groups in total. The second-order valence-corrected chi connectivity index (χ2v) is 6.84. The fraction of sp³-hybridized carbons (Fsp3) is 0.375. The van der Waals surface area contributed by atoms with Gasteiger partial charge in [0.1, 0.15) is 5.75 Å². The molecule has 1 heterocycles. The fourth-order valence-corrected chi connectivity index (χ4v) is 2.07. The third-order valence-corrected chi connectivity index (χ3v) is 3.37. The first-order valence-corrected chi connectivity index (χ1v) is 7.64. The molecular weight excluding hydrogens is 330 g/mol. The number of nitrogens with zero attached hydrogens (tertiary/aromatic N) is 2. The van der Waals surface area contributed by atoms with Gasteiger partial charge in [-0.2, -0.15) is 4.98 Å². The lowest BCUT2D eigenvalue weighted by atomic mass is 10.1. The smallest absolute Gasteiger partial charge is 0.322 e. The number of aromatic nitrogens is 2. The summed E-state index contributed by atoms with van der Waals surface area (Å²) in [5.41, 5.74) is 2.07. The first-order valence-electron chi connectivity index (χ1n) is 6.84. The van der Waals surface area contributed by atoms with Gasteiger partial charge in [0.15, 0.2) is 0 Å². The molecular formula is C16H20BrN3O. The molecule has 2 aromatic rings. The second kappa shape index (κ2) is 6.54. The van der Waals surface area contributed by atoms with Crippen molar-refractivity contribution in [2.24, 2.45) is 0 Å². The lowest BCUT2D eigenvalue weighted by Gasteiger charge is -2.20. The largest absolute Gasteiger partial charge is 0.424 e. The van der Waals surface area contributed by atoms with Crippen LogP contribution in [0.5, 0.6) is 11.8 Å². The van der Waals surface area contributed by atoms with Gasteiger partial charge in [0.2, 0.25) is 0 Å². The molecule has 0 fully saturated rings. The third-order valence-electron chi connectivity index (χ3n) is 2.87. The first kappa shape index (κ1) is 15.9. The van der Waals surface area contributed by atoms with Crippen LogP contribution in [-0.4, -0.2) is 15.5 Å². The summed E-state index contributed by atoms with van der Waals surface area (Å²) < 4.78 is 6.63. The lowest BCUT2D eigenvalue weighted by Crippen LogP contribution is -2.35. The molecule has 0 saturated heterocycles. The molecule has 0 aliphatic rings. The van der Waals surface area contributed by atoms with Crippen molar-refractivity contribution in [2.75, 3.05) is 0 Å². The zero-order valence-electron chi connectivity index (χ0n) is 12.8. The molecule has 4 nitrogen and oxygen atoms in total. The topological polar surface area (TPSA) is 47.0 Å². The van der Waals surface area contributed by atoms with Crippen molar-refractivity contribution in [3.8, 4) is 11.8 Å². The van der Waals surface area contributed by atoms with Crippen LogP contribution in [0.25, 0.3) is 0 Å². The van der Waals surface area contributed by atoms with Crippen molar-refractivity contribution < 1.29 is 4.74 Å². The molecule has 2 rings (SSSR count). The average molecular weight is 350 g/mol. The zero-order chi connectivity index (χ0) is 15.5. The first-order chi connectivity index (χ1) is 9.83. The molecule has 1 aromatic heterocycles. The van der Waals surface area contributed by atoms with E-state index in [0.29, 0.717) is 11.8 Å². The van der Waals surface area contributed by atoms with E-state index >= 15 is 0 Å². The number of rotatable bonds is 4. The molecule has 5 heteroatoms. The van der Waals surface area contributed by atoms with E-state index in [1.165, 1.54) is 0 Å². The van der Waals surface area contributed by atoms with Crippen LogP contribution in [0.4, 0.5) is 0 Å². The van der Waals surface area contributed by atoms with Crippen LogP contribution < -0.4 is 10.1 Å². The molecule has 112 valence electrons. The van der Waals surface area contributed by atoms with Gasteiger partial charge in [-0.15, -0.1) is 0 Å². The molecule has 1 aromatic carbocycles. The zero-order valence-corrected chi connectivity index (χ0v) is 14.4. The van der Waals surface area contributed by atoms with Crippen LogP contribution in [0, 0.1) is 6.92 Å². The maximum Gasteiger partial charge on any atom is 0.322 e. The van der Waals surface area contributed by atoms with E-state index in [-0.39, 0.29) is 5.54 Å². The predicted molar refractivity (Wildman–Crippen MR) is 87.6 cm³/mol. The van der Waals surface area contributed by atoms with Crippen molar-refractivity contribution in [1.82, 2.24) is 15.3 Å².